The van der Waals surface area contributed by atoms with Crippen LogP contribution in [0.25, 0.3) is 22.7 Å². The molecular formula is C26H21Cl2N3O2. The van der Waals surface area contributed by atoms with Crippen molar-refractivity contribution in [1.82, 2.24) is 9.97 Å². The number of hydrogen-bond donors (Lipinski definition) is 1. The lowest BCUT2D eigenvalue weighted by Gasteiger charge is -2.12. The molecule has 1 N–H and O–H groups in total. The van der Waals surface area contributed by atoms with Gasteiger partial charge >= 0.3 is 0 Å². The first-order chi connectivity index (χ1) is 15.9. The van der Waals surface area contributed by atoms with E-state index in [1.165, 1.54) is 5.56 Å². The molecule has 0 fully saturated rings. The maximum Gasteiger partial charge on any atom is 0.161 e. The average molecular weight is 478 g/mol. The van der Waals surface area contributed by atoms with E-state index in [0.29, 0.717) is 32.9 Å². The Balaban J connectivity index is 1.60. The van der Waals surface area contributed by atoms with Gasteiger partial charge in [-0.2, -0.15) is 5.26 Å². The first kappa shape index (κ1) is 22.7. The Labute approximate surface area is 202 Å². The number of aryl methyl sites for hydroxylation is 2. The lowest BCUT2D eigenvalue weighted by molar-refractivity contribution is 0.284. The molecule has 0 spiro atoms. The number of nitrogens with one attached hydrogen (secondary N) is 1. The van der Waals surface area contributed by atoms with Crippen LogP contribution in [0.1, 0.15) is 28.1 Å². The lowest BCUT2D eigenvalue weighted by atomic mass is 10.1. The summed E-state index contributed by atoms with van der Waals surface area (Å²) in [5, 5.41) is 10.9. The maximum absolute atomic E-state index is 9.76. The predicted molar refractivity (Wildman–Crippen MR) is 133 cm³/mol. The number of imidazole rings is 1. The van der Waals surface area contributed by atoms with Gasteiger partial charge in [0.1, 0.15) is 18.5 Å². The molecular weight excluding hydrogens is 457 g/mol. The summed E-state index contributed by atoms with van der Waals surface area (Å²) in [7, 11) is 1.57. The zero-order chi connectivity index (χ0) is 23.5. The van der Waals surface area contributed by atoms with Crippen molar-refractivity contribution in [2.24, 2.45) is 0 Å². The number of aromatic amines is 1. The van der Waals surface area contributed by atoms with E-state index < -0.39 is 0 Å². The Bertz CT molecular complexity index is 1380. The van der Waals surface area contributed by atoms with Crippen LogP contribution >= 0.6 is 23.2 Å². The Kier molecular flexibility index (Phi) is 6.60. The third-order valence-electron chi connectivity index (χ3n) is 5.37. The number of ether oxygens (including phenoxy) is 2. The number of aromatic nitrogens is 2. The van der Waals surface area contributed by atoms with Crippen LogP contribution in [0.2, 0.25) is 10.0 Å². The smallest absolute Gasteiger partial charge is 0.161 e. The third-order valence-corrected chi connectivity index (χ3v) is 5.96. The Morgan fingerprint density at radius 3 is 2.58 bits per heavy atom. The zero-order valence-corrected chi connectivity index (χ0v) is 19.9. The van der Waals surface area contributed by atoms with Crippen molar-refractivity contribution in [2.45, 2.75) is 20.5 Å². The Morgan fingerprint density at radius 1 is 1.06 bits per heavy atom. The molecule has 0 amide bonds. The molecule has 33 heavy (non-hydrogen) atoms. The fourth-order valence-corrected chi connectivity index (χ4v) is 3.87. The summed E-state index contributed by atoms with van der Waals surface area (Å²) in [5.74, 6) is 1.63. The summed E-state index contributed by atoms with van der Waals surface area (Å²) in [6.45, 7) is 4.36. The average Bonchev–Trinajstić information content (AvgIpc) is 3.19. The van der Waals surface area contributed by atoms with Gasteiger partial charge in [-0.1, -0.05) is 35.3 Å². The molecule has 1 heterocycles. The second-order valence-corrected chi connectivity index (χ2v) is 8.49. The highest BCUT2D eigenvalue weighted by atomic mass is 35.5. The fourth-order valence-electron chi connectivity index (χ4n) is 3.40. The number of nitrogens with zero attached hydrogens (tertiary/aromatic N) is 2. The number of methoxy groups -OCH3 is 1. The summed E-state index contributed by atoms with van der Waals surface area (Å²) >= 11 is 12.2. The highest BCUT2D eigenvalue weighted by Crippen LogP contribution is 2.31. The molecule has 0 radical (unpaired) electrons. The molecule has 0 unspecified atom stereocenters. The second kappa shape index (κ2) is 9.58. The quantitative estimate of drug-likeness (QED) is 0.299. The van der Waals surface area contributed by atoms with E-state index >= 15 is 0 Å². The number of allylic oxidation sites excluding steroid dienone is 1. The number of benzene rings is 3. The van der Waals surface area contributed by atoms with Crippen LogP contribution in [0.3, 0.4) is 0 Å². The minimum absolute atomic E-state index is 0.267. The van der Waals surface area contributed by atoms with Crippen molar-refractivity contribution < 1.29 is 9.47 Å². The molecule has 0 atom stereocenters. The van der Waals surface area contributed by atoms with Gasteiger partial charge in [-0.15, -0.1) is 0 Å². The van der Waals surface area contributed by atoms with Gasteiger partial charge in [0, 0.05) is 15.6 Å². The van der Waals surface area contributed by atoms with E-state index in [2.05, 4.69) is 16.0 Å². The molecule has 0 aliphatic carbocycles. The summed E-state index contributed by atoms with van der Waals surface area (Å²) in [5.41, 5.74) is 6.07. The molecule has 166 valence electrons. The number of halogens is 2. The van der Waals surface area contributed by atoms with Gasteiger partial charge in [0.2, 0.25) is 0 Å². The van der Waals surface area contributed by atoms with Crippen molar-refractivity contribution in [1.29, 1.82) is 5.26 Å². The van der Waals surface area contributed by atoms with Crippen LogP contribution in [0.4, 0.5) is 0 Å². The van der Waals surface area contributed by atoms with Gasteiger partial charge in [0.15, 0.2) is 11.5 Å². The van der Waals surface area contributed by atoms with E-state index in [0.717, 1.165) is 27.7 Å². The normalized spacial score (nSPS) is 11.5. The predicted octanol–water partition coefficient (Wildman–Crippen LogP) is 7.14. The van der Waals surface area contributed by atoms with Gasteiger partial charge in [0.05, 0.1) is 23.7 Å². The van der Waals surface area contributed by atoms with E-state index in [9.17, 15) is 5.26 Å². The van der Waals surface area contributed by atoms with Gasteiger partial charge in [-0.05, 0) is 73.0 Å². The summed E-state index contributed by atoms with van der Waals surface area (Å²) in [6.07, 6.45) is 1.76. The summed E-state index contributed by atoms with van der Waals surface area (Å²) in [6, 6.07) is 17.0. The maximum atomic E-state index is 9.76. The molecule has 1 aromatic heterocycles. The standard InChI is InChI=1S/C26H21Cl2N3O2/c1-15-8-22-23(9-16(15)2)31-26(30-22)19(13-29)10-17-4-7-24(25(11-17)32-3)33-14-18-5-6-20(27)12-21(18)28/h4-12H,14H2,1-3H3,(H,30,31)/b19-10+. The van der Waals surface area contributed by atoms with Gasteiger partial charge in [0.25, 0.3) is 0 Å². The van der Waals surface area contributed by atoms with Crippen LogP contribution in [-0.2, 0) is 6.61 Å². The number of nitriles is 1. The van der Waals surface area contributed by atoms with Gasteiger partial charge in [-0.3, -0.25) is 0 Å². The number of rotatable bonds is 6. The third kappa shape index (κ3) is 4.98. The van der Waals surface area contributed by atoms with E-state index in [1.54, 1.807) is 31.4 Å². The molecule has 3 aromatic carbocycles. The van der Waals surface area contributed by atoms with Crippen molar-refractivity contribution in [3.05, 3.63) is 86.7 Å². The molecule has 7 heteroatoms. The molecule has 0 saturated carbocycles. The SMILES string of the molecule is COc1cc(/C=C(\C#N)c2nc3cc(C)c(C)cc3[nH]2)ccc1OCc1ccc(Cl)cc1Cl. The van der Waals surface area contributed by atoms with Crippen LogP contribution in [0.15, 0.2) is 48.5 Å². The first-order valence-corrected chi connectivity index (χ1v) is 11.0. The van der Waals surface area contributed by atoms with Crippen molar-refractivity contribution >= 4 is 45.9 Å². The summed E-state index contributed by atoms with van der Waals surface area (Å²) < 4.78 is 11.4. The highest BCUT2D eigenvalue weighted by Gasteiger charge is 2.12. The van der Waals surface area contributed by atoms with Crippen LogP contribution < -0.4 is 9.47 Å². The van der Waals surface area contributed by atoms with E-state index in [4.69, 9.17) is 32.7 Å². The molecule has 4 aromatic rings. The van der Waals surface area contributed by atoms with Crippen molar-refractivity contribution in [2.75, 3.05) is 7.11 Å². The lowest BCUT2D eigenvalue weighted by Crippen LogP contribution is -1.98. The van der Waals surface area contributed by atoms with Gasteiger partial charge in [-0.25, -0.2) is 4.98 Å². The first-order valence-electron chi connectivity index (χ1n) is 10.2. The minimum Gasteiger partial charge on any atom is -0.493 e. The molecule has 0 aliphatic rings. The van der Waals surface area contributed by atoms with E-state index in [-0.39, 0.29) is 6.61 Å². The van der Waals surface area contributed by atoms with Crippen molar-refractivity contribution in [3.63, 3.8) is 0 Å². The van der Waals surface area contributed by atoms with Crippen LogP contribution in [0.5, 0.6) is 11.5 Å². The fraction of sp³-hybridized carbons (Fsp3) is 0.154. The number of fused-ring (bicyclic) bond motifs is 1. The van der Waals surface area contributed by atoms with Gasteiger partial charge < -0.3 is 14.5 Å². The Hall–Kier alpha value is -3.46. The minimum atomic E-state index is 0.267. The van der Waals surface area contributed by atoms with Crippen LogP contribution in [-0.4, -0.2) is 17.1 Å². The highest BCUT2D eigenvalue weighted by molar-refractivity contribution is 6.35. The molecule has 0 bridgehead atoms. The number of H-pyrrole nitrogens is 1. The summed E-state index contributed by atoms with van der Waals surface area (Å²) in [4.78, 5) is 7.84. The molecule has 0 saturated heterocycles. The number of hydrogen-bond acceptors (Lipinski definition) is 4. The van der Waals surface area contributed by atoms with E-state index in [1.807, 2.05) is 44.2 Å². The largest absolute Gasteiger partial charge is 0.493 e. The monoisotopic (exact) mass is 477 g/mol. The zero-order valence-electron chi connectivity index (χ0n) is 18.4. The second-order valence-electron chi connectivity index (χ2n) is 7.64. The Morgan fingerprint density at radius 2 is 1.85 bits per heavy atom. The topological polar surface area (TPSA) is 70.9 Å². The molecule has 0 aliphatic heterocycles. The van der Waals surface area contributed by atoms with Crippen molar-refractivity contribution in [3.8, 4) is 17.6 Å². The molecule has 4 rings (SSSR count). The van der Waals surface area contributed by atoms with Crippen LogP contribution in [0, 0.1) is 25.2 Å². The molecule has 5 nitrogen and oxygen atoms in total.